The lowest BCUT2D eigenvalue weighted by atomic mass is 10.0. The van der Waals surface area contributed by atoms with E-state index in [0.717, 1.165) is 0 Å². The lowest BCUT2D eigenvalue weighted by molar-refractivity contribution is -0.384. The van der Waals surface area contributed by atoms with Gasteiger partial charge in [-0.3, -0.25) is 14.9 Å². The summed E-state index contributed by atoms with van der Waals surface area (Å²) in [6.45, 7) is 0. The Morgan fingerprint density at radius 3 is 2.33 bits per heavy atom. The van der Waals surface area contributed by atoms with Crippen molar-refractivity contribution in [1.29, 1.82) is 0 Å². The van der Waals surface area contributed by atoms with Crippen molar-refractivity contribution in [2.75, 3.05) is 0 Å². The van der Waals surface area contributed by atoms with Gasteiger partial charge in [0, 0.05) is 18.6 Å². The van der Waals surface area contributed by atoms with Gasteiger partial charge in [0.25, 0.3) is 11.6 Å². The van der Waals surface area contributed by atoms with Crippen molar-refractivity contribution in [2.24, 2.45) is 0 Å². The second kappa shape index (κ2) is 7.56. The second-order valence-electron chi connectivity index (χ2n) is 4.97. The molecule has 0 aromatic heterocycles. The molecule has 0 saturated carbocycles. The van der Waals surface area contributed by atoms with Crippen LogP contribution >= 0.6 is 11.6 Å². The van der Waals surface area contributed by atoms with Crippen molar-refractivity contribution in [3.05, 3.63) is 74.8 Å². The van der Waals surface area contributed by atoms with E-state index in [2.05, 4.69) is 5.32 Å². The Morgan fingerprint density at radius 1 is 1.17 bits per heavy atom. The Kier molecular flexibility index (Phi) is 5.49. The molecule has 0 saturated heterocycles. The third-order valence-electron chi connectivity index (χ3n) is 3.31. The summed E-state index contributed by atoms with van der Waals surface area (Å²) in [5.41, 5.74) is 0.632. The van der Waals surface area contributed by atoms with Gasteiger partial charge < -0.3 is 10.4 Å². The summed E-state index contributed by atoms with van der Waals surface area (Å²) >= 11 is 5.92. The first-order chi connectivity index (χ1) is 11.4. The highest BCUT2D eigenvalue weighted by molar-refractivity contribution is 6.33. The number of rotatable bonds is 6. The summed E-state index contributed by atoms with van der Waals surface area (Å²) in [5.74, 6) is -1.82. The number of carboxylic acids is 1. The number of carboxylic acid groups (broad SMARTS) is 1. The average molecular weight is 349 g/mol. The van der Waals surface area contributed by atoms with E-state index in [0.29, 0.717) is 5.56 Å². The smallest absolute Gasteiger partial charge is 0.326 e. The minimum absolute atomic E-state index is 0.0104. The first-order valence-electron chi connectivity index (χ1n) is 6.90. The minimum Gasteiger partial charge on any atom is -0.480 e. The maximum absolute atomic E-state index is 12.2. The summed E-state index contributed by atoms with van der Waals surface area (Å²) in [6.07, 6.45) is -0.0104. The van der Waals surface area contributed by atoms with Gasteiger partial charge in [-0.15, -0.1) is 0 Å². The molecule has 8 heteroatoms. The zero-order valence-corrected chi connectivity index (χ0v) is 13.1. The molecule has 0 aliphatic heterocycles. The van der Waals surface area contributed by atoms with Crippen LogP contribution in [0.5, 0.6) is 0 Å². The molecule has 124 valence electrons. The maximum Gasteiger partial charge on any atom is 0.326 e. The highest BCUT2D eigenvalue weighted by atomic mass is 35.5. The van der Waals surface area contributed by atoms with Crippen molar-refractivity contribution >= 4 is 29.2 Å². The van der Waals surface area contributed by atoms with Gasteiger partial charge in [-0.05, 0) is 17.7 Å². The molecule has 1 atom stereocenters. The molecule has 1 amide bonds. The molecular weight excluding hydrogens is 336 g/mol. The van der Waals surface area contributed by atoms with E-state index >= 15 is 0 Å². The zero-order valence-electron chi connectivity index (χ0n) is 12.3. The average Bonchev–Trinajstić information content (AvgIpc) is 2.54. The molecule has 7 nitrogen and oxygen atoms in total. The van der Waals surface area contributed by atoms with E-state index in [4.69, 9.17) is 11.6 Å². The number of aliphatic carboxylic acids is 1. The standard InChI is InChI=1S/C16H13ClN2O5/c17-13-4-2-1-3-12(13)15(20)18-14(16(21)22)9-10-5-7-11(8-6-10)19(23)24/h1-8,14H,9H2,(H,18,20)(H,21,22)/t14-/m1/s1. The summed E-state index contributed by atoms with van der Waals surface area (Å²) < 4.78 is 0. The number of hydrogen-bond acceptors (Lipinski definition) is 4. The number of hydrogen-bond donors (Lipinski definition) is 2. The summed E-state index contributed by atoms with van der Waals surface area (Å²) in [7, 11) is 0. The van der Waals surface area contributed by atoms with Crippen molar-refractivity contribution in [3.63, 3.8) is 0 Å². The molecule has 0 aliphatic rings. The monoisotopic (exact) mass is 348 g/mol. The molecule has 2 N–H and O–H groups in total. The molecule has 0 heterocycles. The molecule has 24 heavy (non-hydrogen) atoms. The van der Waals surface area contributed by atoms with Crippen LogP contribution in [-0.4, -0.2) is 27.9 Å². The van der Waals surface area contributed by atoms with E-state index in [1.807, 2.05) is 0 Å². The van der Waals surface area contributed by atoms with Crippen LogP contribution in [0.1, 0.15) is 15.9 Å². The van der Waals surface area contributed by atoms with Gasteiger partial charge in [0.05, 0.1) is 15.5 Å². The maximum atomic E-state index is 12.2. The fourth-order valence-electron chi connectivity index (χ4n) is 2.07. The normalized spacial score (nSPS) is 11.5. The van der Waals surface area contributed by atoms with Gasteiger partial charge in [-0.1, -0.05) is 35.9 Å². The molecule has 0 unspecified atom stereocenters. The van der Waals surface area contributed by atoms with E-state index < -0.39 is 22.8 Å². The molecule has 0 spiro atoms. The molecular formula is C16H13ClN2O5. The predicted molar refractivity (Wildman–Crippen MR) is 87.1 cm³/mol. The van der Waals surface area contributed by atoms with Gasteiger partial charge in [0.2, 0.25) is 0 Å². The van der Waals surface area contributed by atoms with E-state index in [-0.39, 0.29) is 22.7 Å². The molecule has 2 aromatic carbocycles. The van der Waals surface area contributed by atoms with E-state index in [1.54, 1.807) is 12.1 Å². The Balaban J connectivity index is 2.12. The summed E-state index contributed by atoms with van der Waals surface area (Å²) in [5, 5.41) is 22.5. The van der Waals surface area contributed by atoms with Crippen molar-refractivity contribution in [1.82, 2.24) is 5.32 Å². The van der Waals surface area contributed by atoms with Crippen molar-refractivity contribution < 1.29 is 19.6 Å². The van der Waals surface area contributed by atoms with Crippen molar-refractivity contribution in [2.45, 2.75) is 12.5 Å². The van der Waals surface area contributed by atoms with Crippen LogP contribution in [0.3, 0.4) is 0 Å². The van der Waals surface area contributed by atoms with Crippen LogP contribution in [0.4, 0.5) is 5.69 Å². The highest BCUT2D eigenvalue weighted by Gasteiger charge is 2.22. The van der Waals surface area contributed by atoms with Crippen LogP contribution in [0.15, 0.2) is 48.5 Å². The number of nitrogens with one attached hydrogen (secondary N) is 1. The van der Waals surface area contributed by atoms with Gasteiger partial charge in [-0.25, -0.2) is 4.79 Å². The lowest BCUT2D eigenvalue weighted by Crippen LogP contribution is -2.42. The fraction of sp³-hybridized carbons (Fsp3) is 0.125. The largest absolute Gasteiger partial charge is 0.480 e. The Hall–Kier alpha value is -2.93. The van der Waals surface area contributed by atoms with Crippen LogP contribution in [0, 0.1) is 10.1 Å². The third-order valence-corrected chi connectivity index (χ3v) is 3.64. The lowest BCUT2D eigenvalue weighted by Gasteiger charge is -2.15. The number of halogens is 1. The first-order valence-corrected chi connectivity index (χ1v) is 7.28. The van der Waals surface area contributed by atoms with Crippen molar-refractivity contribution in [3.8, 4) is 0 Å². The summed E-state index contributed by atoms with van der Waals surface area (Å²) in [6, 6.07) is 10.6. The Labute approximate surface area is 142 Å². The van der Waals surface area contributed by atoms with Gasteiger partial charge in [0.15, 0.2) is 0 Å². The fourth-order valence-corrected chi connectivity index (χ4v) is 2.29. The van der Waals surface area contributed by atoms with Crippen LogP contribution in [0.2, 0.25) is 5.02 Å². The predicted octanol–water partition coefficient (Wildman–Crippen LogP) is 2.67. The molecule has 2 rings (SSSR count). The molecule has 0 aliphatic carbocycles. The number of carbonyl (C=O) groups excluding carboxylic acids is 1. The SMILES string of the molecule is O=C(N[C@H](Cc1ccc([N+](=O)[O-])cc1)C(=O)O)c1ccccc1Cl. The summed E-state index contributed by atoms with van der Waals surface area (Å²) in [4.78, 5) is 33.6. The Morgan fingerprint density at radius 2 is 1.79 bits per heavy atom. The molecule has 0 bridgehead atoms. The van der Waals surface area contributed by atoms with Crippen LogP contribution in [0.25, 0.3) is 0 Å². The third kappa shape index (κ3) is 4.30. The molecule has 0 radical (unpaired) electrons. The molecule has 0 fully saturated rings. The number of benzene rings is 2. The minimum atomic E-state index is -1.21. The number of non-ortho nitro benzene ring substituents is 1. The van der Waals surface area contributed by atoms with Gasteiger partial charge in [-0.2, -0.15) is 0 Å². The van der Waals surface area contributed by atoms with Crippen LogP contribution in [-0.2, 0) is 11.2 Å². The van der Waals surface area contributed by atoms with E-state index in [9.17, 15) is 24.8 Å². The van der Waals surface area contributed by atoms with Crippen LogP contribution < -0.4 is 5.32 Å². The number of amides is 1. The first kappa shape index (κ1) is 17.4. The second-order valence-corrected chi connectivity index (χ2v) is 5.38. The molecule has 2 aromatic rings. The topological polar surface area (TPSA) is 110 Å². The highest BCUT2D eigenvalue weighted by Crippen LogP contribution is 2.16. The number of nitro benzene ring substituents is 1. The number of nitrogens with zero attached hydrogens (tertiary/aromatic N) is 1. The van der Waals surface area contributed by atoms with Gasteiger partial charge >= 0.3 is 5.97 Å². The Bertz CT molecular complexity index is 776. The van der Waals surface area contributed by atoms with E-state index in [1.165, 1.54) is 36.4 Å². The number of carbonyl (C=O) groups is 2. The van der Waals surface area contributed by atoms with Gasteiger partial charge in [0.1, 0.15) is 6.04 Å². The number of nitro groups is 1. The quantitative estimate of drug-likeness (QED) is 0.616. The zero-order chi connectivity index (χ0) is 17.7.